The van der Waals surface area contributed by atoms with Crippen molar-refractivity contribution in [2.45, 2.75) is 19.3 Å². The molecule has 0 bridgehead atoms. The second-order valence-electron chi connectivity index (χ2n) is 4.72. The number of hydrogen-bond acceptors (Lipinski definition) is 2. The predicted octanol–water partition coefficient (Wildman–Crippen LogP) is 2.66. The second-order valence-corrected chi connectivity index (χ2v) is 4.72. The van der Waals surface area contributed by atoms with Crippen molar-refractivity contribution in [1.29, 1.82) is 0 Å². The van der Waals surface area contributed by atoms with Gasteiger partial charge in [0.2, 0.25) is 0 Å². The molecule has 90 valence electrons. The molecule has 2 N–H and O–H groups in total. The second kappa shape index (κ2) is 9.32. The van der Waals surface area contributed by atoms with Gasteiger partial charge in [-0.05, 0) is 35.4 Å². The molecule has 0 spiro atoms. The van der Waals surface area contributed by atoms with E-state index in [2.05, 4.69) is 13.8 Å². The maximum Gasteiger partial charge on any atom is 0.115 e. The number of rotatable bonds is 2. The number of phenolic OH excluding ortho intramolecular Hbond substituents is 2. The largest absolute Gasteiger partial charge is 0.508 e. The van der Waals surface area contributed by atoms with E-state index in [-0.39, 0.29) is 155 Å². The summed E-state index contributed by atoms with van der Waals surface area (Å²) in [5, 5.41) is 18.6. The minimum absolute atomic E-state index is 0. The smallest absolute Gasteiger partial charge is 0.115 e. The third-order valence-electron chi connectivity index (χ3n) is 3.18. The standard InChI is InChI=1S/C15H16O2.2Cs/c1-15(2,11-3-7-13(16)8-4-11)12-5-9-14(17)10-6-12;;/h3-10,16-17H,1-2H3;;. The first-order valence-corrected chi connectivity index (χ1v) is 5.59. The monoisotopic (exact) mass is 494 g/mol. The summed E-state index contributed by atoms with van der Waals surface area (Å²) in [6.45, 7) is 4.23. The van der Waals surface area contributed by atoms with Crippen LogP contribution in [-0.2, 0) is 5.41 Å². The third-order valence-corrected chi connectivity index (χ3v) is 3.18. The molecule has 0 saturated carbocycles. The van der Waals surface area contributed by atoms with Crippen molar-refractivity contribution < 1.29 is 10.2 Å². The van der Waals surface area contributed by atoms with Crippen molar-refractivity contribution in [2.24, 2.45) is 0 Å². The Labute approximate surface area is 232 Å². The van der Waals surface area contributed by atoms with Crippen LogP contribution in [0.4, 0.5) is 0 Å². The Kier molecular flexibility index (Phi) is 10.4. The minimum atomic E-state index is -0.151. The van der Waals surface area contributed by atoms with E-state index in [1.807, 2.05) is 24.3 Å². The molecule has 0 fully saturated rings. The SMILES string of the molecule is CC(C)(c1ccc(O)cc1)c1ccc(O)cc1.[Cs].[Cs]. The molecule has 0 unspecified atom stereocenters. The summed E-state index contributed by atoms with van der Waals surface area (Å²) in [5.41, 5.74) is 2.10. The van der Waals surface area contributed by atoms with E-state index in [0.29, 0.717) is 0 Å². The van der Waals surface area contributed by atoms with Gasteiger partial charge in [-0.3, -0.25) is 0 Å². The molecule has 2 rings (SSSR count). The molecule has 2 radical (unpaired) electrons. The van der Waals surface area contributed by atoms with Crippen LogP contribution in [0.2, 0.25) is 0 Å². The molecule has 0 aliphatic heterocycles. The van der Waals surface area contributed by atoms with E-state index in [1.54, 1.807) is 24.3 Å². The summed E-state index contributed by atoms with van der Waals surface area (Å²) >= 11 is 0. The molecule has 2 aromatic rings. The van der Waals surface area contributed by atoms with Gasteiger partial charge in [-0.25, -0.2) is 0 Å². The number of hydrogen-bond donors (Lipinski definition) is 2. The first-order chi connectivity index (χ1) is 8.00. The average Bonchev–Trinajstić information content (AvgIpc) is 2.30. The molecule has 0 aliphatic carbocycles. The van der Waals surface area contributed by atoms with Gasteiger partial charge < -0.3 is 10.2 Å². The van der Waals surface area contributed by atoms with Gasteiger partial charge in [-0.1, -0.05) is 38.1 Å². The minimum Gasteiger partial charge on any atom is -0.508 e. The van der Waals surface area contributed by atoms with Crippen molar-refractivity contribution in [2.75, 3.05) is 0 Å². The van der Waals surface area contributed by atoms with Crippen LogP contribution in [0.15, 0.2) is 48.5 Å². The Morgan fingerprint density at radius 3 is 1.16 bits per heavy atom. The zero-order valence-corrected chi connectivity index (χ0v) is 24.6. The average molecular weight is 494 g/mol. The summed E-state index contributed by atoms with van der Waals surface area (Å²) in [4.78, 5) is 0. The third kappa shape index (κ3) is 5.69. The molecule has 0 aromatic heterocycles. The van der Waals surface area contributed by atoms with E-state index >= 15 is 0 Å². The van der Waals surface area contributed by atoms with Crippen molar-refractivity contribution in [3.63, 3.8) is 0 Å². The van der Waals surface area contributed by atoms with Crippen LogP contribution in [-0.4, -0.2) is 148 Å². The first-order valence-electron chi connectivity index (χ1n) is 5.59. The molecule has 0 amide bonds. The summed E-state index contributed by atoms with van der Waals surface area (Å²) in [7, 11) is 0. The number of phenols is 2. The summed E-state index contributed by atoms with van der Waals surface area (Å²) in [6.07, 6.45) is 0. The van der Waals surface area contributed by atoms with E-state index in [9.17, 15) is 10.2 Å². The zero-order valence-electron chi connectivity index (χ0n) is 12.0. The summed E-state index contributed by atoms with van der Waals surface area (Å²) in [5.74, 6) is 0.547. The fourth-order valence-electron chi connectivity index (χ4n) is 1.92. The Morgan fingerprint density at radius 2 is 0.895 bits per heavy atom. The van der Waals surface area contributed by atoms with Crippen molar-refractivity contribution in [1.82, 2.24) is 0 Å². The molecular weight excluding hydrogens is 478 g/mol. The van der Waals surface area contributed by atoms with Crippen molar-refractivity contribution in [3.05, 3.63) is 59.7 Å². The zero-order chi connectivity index (χ0) is 12.5. The molecule has 19 heavy (non-hydrogen) atoms. The van der Waals surface area contributed by atoms with Crippen LogP contribution in [0.25, 0.3) is 0 Å². The fraction of sp³-hybridized carbons (Fsp3) is 0.200. The van der Waals surface area contributed by atoms with Crippen LogP contribution in [0.3, 0.4) is 0 Å². The quantitative estimate of drug-likeness (QED) is 0.675. The molecule has 2 nitrogen and oxygen atoms in total. The van der Waals surface area contributed by atoms with Crippen LogP contribution in [0, 0.1) is 0 Å². The molecule has 0 heterocycles. The summed E-state index contributed by atoms with van der Waals surface area (Å²) < 4.78 is 0. The Hall–Kier alpha value is 2.14. The molecule has 4 heteroatoms. The normalized spacial score (nSPS) is 10.2. The van der Waals surface area contributed by atoms with E-state index in [1.165, 1.54) is 0 Å². The van der Waals surface area contributed by atoms with Gasteiger partial charge in [0.15, 0.2) is 0 Å². The van der Waals surface area contributed by atoms with Gasteiger partial charge in [0.25, 0.3) is 0 Å². The van der Waals surface area contributed by atoms with Gasteiger partial charge in [-0.15, -0.1) is 0 Å². The Balaban J connectivity index is 0.00000162. The van der Waals surface area contributed by atoms with Gasteiger partial charge in [0.05, 0.1) is 0 Å². The Bertz CT molecular complexity index is 457. The maximum absolute atomic E-state index is 9.30. The van der Waals surface area contributed by atoms with Crippen LogP contribution in [0.5, 0.6) is 11.5 Å². The van der Waals surface area contributed by atoms with Crippen LogP contribution in [0.1, 0.15) is 25.0 Å². The van der Waals surface area contributed by atoms with Gasteiger partial charge in [0.1, 0.15) is 11.5 Å². The van der Waals surface area contributed by atoms with Crippen molar-refractivity contribution >= 4 is 138 Å². The molecular formula is C15H16Cs2O2. The molecule has 2 aromatic carbocycles. The molecule has 0 atom stereocenters. The van der Waals surface area contributed by atoms with Gasteiger partial charge >= 0.3 is 0 Å². The van der Waals surface area contributed by atoms with E-state index in [4.69, 9.17) is 0 Å². The van der Waals surface area contributed by atoms with Crippen LogP contribution < -0.4 is 0 Å². The number of benzene rings is 2. The first kappa shape index (κ1) is 21.1. The molecule has 0 saturated heterocycles. The summed E-state index contributed by atoms with van der Waals surface area (Å²) in [6, 6.07) is 14.4. The van der Waals surface area contributed by atoms with Crippen LogP contribution >= 0.6 is 0 Å². The topological polar surface area (TPSA) is 40.5 Å². The molecule has 0 aliphatic rings. The number of aromatic hydroxyl groups is 2. The Morgan fingerprint density at radius 1 is 0.632 bits per heavy atom. The van der Waals surface area contributed by atoms with E-state index in [0.717, 1.165) is 11.1 Å². The fourth-order valence-corrected chi connectivity index (χ4v) is 1.92. The van der Waals surface area contributed by atoms with E-state index < -0.39 is 0 Å². The maximum atomic E-state index is 9.30. The predicted molar refractivity (Wildman–Crippen MR) is 79.8 cm³/mol. The van der Waals surface area contributed by atoms with Gasteiger partial charge in [0, 0.05) is 143 Å². The van der Waals surface area contributed by atoms with Crippen molar-refractivity contribution in [3.8, 4) is 11.5 Å². The van der Waals surface area contributed by atoms with Gasteiger partial charge in [-0.2, -0.15) is 0 Å².